The minimum atomic E-state index is -3.71. The monoisotopic (exact) mass is 272 g/mol. The van der Waals surface area contributed by atoms with Crippen LogP contribution in [0.2, 0.25) is 0 Å². The summed E-state index contributed by atoms with van der Waals surface area (Å²) in [6.07, 6.45) is 0.639. The molecule has 0 amide bonds. The maximum absolute atomic E-state index is 11.9. The van der Waals surface area contributed by atoms with Gasteiger partial charge in [0.25, 0.3) is 0 Å². The fourth-order valence-electron chi connectivity index (χ4n) is 1.30. The molecule has 0 radical (unpaired) electrons. The van der Waals surface area contributed by atoms with Gasteiger partial charge in [-0.3, -0.25) is 0 Å². The quantitative estimate of drug-likeness (QED) is 0.694. The molecule has 0 bridgehead atoms. The van der Waals surface area contributed by atoms with Gasteiger partial charge in [0.15, 0.2) is 0 Å². The largest absolute Gasteiger partial charge is 0.478 e. The summed E-state index contributed by atoms with van der Waals surface area (Å²) in [6, 6.07) is 3.39. The Kier molecular flexibility index (Phi) is 4.31. The number of nitrogens with one attached hydrogen (secondary N) is 1. The van der Waals surface area contributed by atoms with E-state index in [9.17, 15) is 13.2 Å². The van der Waals surface area contributed by atoms with Gasteiger partial charge in [-0.25, -0.2) is 17.9 Å². The summed E-state index contributed by atoms with van der Waals surface area (Å²) in [7, 11) is -3.71. The zero-order valence-corrected chi connectivity index (χ0v) is 11.0. The molecule has 100 valence electrons. The van der Waals surface area contributed by atoms with Crippen LogP contribution < -0.4 is 10.5 Å². The predicted molar refractivity (Wildman–Crippen MR) is 67.9 cm³/mol. The molecular weight excluding hydrogens is 256 g/mol. The van der Waals surface area contributed by atoms with Crippen molar-refractivity contribution in [3.05, 3.63) is 23.8 Å². The summed E-state index contributed by atoms with van der Waals surface area (Å²) >= 11 is 0. The van der Waals surface area contributed by atoms with Crippen LogP contribution in [0.3, 0.4) is 0 Å². The lowest BCUT2D eigenvalue weighted by Gasteiger charge is -2.12. The van der Waals surface area contributed by atoms with E-state index >= 15 is 0 Å². The molecule has 18 heavy (non-hydrogen) atoms. The van der Waals surface area contributed by atoms with Crippen molar-refractivity contribution in [1.82, 2.24) is 4.72 Å². The Hall–Kier alpha value is -1.60. The first-order valence-corrected chi connectivity index (χ1v) is 6.91. The smallest absolute Gasteiger partial charge is 0.337 e. The molecule has 1 atom stereocenters. The molecule has 0 aliphatic rings. The van der Waals surface area contributed by atoms with Crippen molar-refractivity contribution >= 4 is 21.7 Å². The Balaban J connectivity index is 3.18. The van der Waals surface area contributed by atoms with Gasteiger partial charge in [0, 0.05) is 11.7 Å². The van der Waals surface area contributed by atoms with E-state index in [1.807, 2.05) is 6.92 Å². The lowest BCUT2D eigenvalue weighted by Crippen LogP contribution is -2.32. The molecule has 1 rings (SSSR count). The number of anilines is 1. The van der Waals surface area contributed by atoms with Crippen LogP contribution >= 0.6 is 0 Å². The van der Waals surface area contributed by atoms with Gasteiger partial charge < -0.3 is 10.8 Å². The molecule has 6 nitrogen and oxygen atoms in total. The second-order valence-electron chi connectivity index (χ2n) is 3.98. The number of hydrogen-bond acceptors (Lipinski definition) is 4. The van der Waals surface area contributed by atoms with Crippen LogP contribution in [0.5, 0.6) is 0 Å². The van der Waals surface area contributed by atoms with Crippen molar-refractivity contribution in [1.29, 1.82) is 0 Å². The molecule has 4 N–H and O–H groups in total. The van der Waals surface area contributed by atoms with E-state index in [-0.39, 0.29) is 22.2 Å². The summed E-state index contributed by atoms with van der Waals surface area (Å²) in [5.74, 6) is -1.26. The SMILES string of the molecule is CCC(C)NS(=O)(=O)c1ccc(N)c(C(=O)O)c1. The van der Waals surface area contributed by atoms with Gasteiger partial charge in [0.1, 0.15) is 0 Å². The van der Waals surface area contributed by atoms with Crippen LogP contribution in [0.15, 0.2) is 23.1 Å². The van der Waals surface area contributed by atoms with Crippen molar-refractivity contribution < 1.29 is 18.3 Å². The highest BCUT2D eigenvalue weighted by Crippen LogP contribution is 2.18. The maximum Gasteiger partial charge on any atom is 0.337 e. The van der Waals surface area contributed by atoms with E-state index in [0.29, 0.717) is 6.42 Å². The summed E-state index contributed by atoms with van der Waals surface area (Å²) in [5, 5.41) is 8.89. The average Bonchev–Trinajstić information content (AvgIpc) is 2.28. The molecule has 0 heterocycles. The zero-order valence-electron chi connectivity index (χ0n) is 10.2. The third kappa shape index (κ3) is 3.21. The van der Waals surface area contributed by atoms with E-state index in [0.717, 1.165) is 6.07 Å². The van der Waals surface area contributed by atoms with Gasteiger partial charge in [0.05, 0.1) is 10.5 Å². The van der Waals surface area contributed by atoms with Gasteiger partial charge in [-0.05, 0) is 31.5 Å². The second-order valence-corrected chi connectivity index (χ2v) is 5.70. The second kappa shape index (κ2) is 5.36. The van der Waals surface area contributed by atoms with Crippen LogP contribution in [-0.4, -0.2) is 25.5 Å². The molecule has 0 spiro atoms. The molecule has 1 aromatic carbocycles. The molecular formula is C11H16N2O4S. The molecule has 1 aromatic rings. The van der Waals surface area contributed by atoms with E-state index in [1.165, 1.54) is 12.1 Å². The Bertz CT molecular complexity index is 554. The molecule has 0 saturated carbocycles. The molecule has 0 aliphatic heterocycles. The standard InChI is InChI=1S/C11H16N2O4S/c1-3-7(2)13-18(16,17)8-4-5-10(12)9(6-8)11(14)15/h4-7,13H,3,12H2,1-2H3,(H,14,15). The number of sulfonamides is 1. The number of nitrogens with two attached hydrogens (primary N) is 1. The van der Waals surface area contributed by atoms with Gasteiger partial charge >= 0.3 is 5.97 Å². The lowest BCUT2D eigenvalue weighted by atomic mass is 10.2. The van der Waals surface area contributed by atoms with E-state index < -0.39 is 16.0 Å². The first-order chi connectivity index (χ1) is 8.27. The highest BCUT2D eigenvalue weighted by atomic mass is 32.2. The third-order valence-corrected chi connectivity index (χ3v) is 4.12. The topological polar surface area (TPSA) is 109 Å². The van der Waals surface area contributed by atoms with Crippen molar-refractivity contribution in [3.8, 4) is 0 Å². The molecule has 0 aliphatic carbocycles. The van der Waals surface area contributed by atoms with Gasteiger partial charge in [-0.2, -0.15) is 0 Å². The molecule has 0 saturated heterocycles. The Morgan fingerprint density at radius 1 is 1.50 bits per heavy atom. The average molecular weight is 272 g/mol. The first-order valence-electron chi connectivity index (χ1n) is 5.43. The highest BCUT2D eigenvalue weighted by Gasteiger charge is 2.19. The van der Waals surface area contributed by atoms with Crippen LogP contribution in [0.1, 0.15) is 30.6 Å². The lowest BCUT2D eigenvalue weighted by molar-refractivity contribution is 0.0698. The number of rotatable bonds is 5. The van der Waals surface area contributed by atoms with Crippen LogP contribution in [0.4, 0.5) is 5.69 Å². The Morgan fingerprint density at radius 2 is 2.11 bits per heavy atom. The number of hydrogen-bond donors (Lipinski definition) is 3. The molecule has 1 unspecified atom stereocenters. The van der Waals surface area contributed by atoms with Gasteiger partial charge in [-0.15, -0.1) is 0 Å². The van der Waals surface area contributed by atoms with Crippen LogP contribution in [-0.2, 0) is 10.0 Å². The van der Waals surface area contributed by atoms with Crippen molar-refractivity contribution in [2.45, 2.75) is 31.2 Å². The number of benzene rings is 1. The Labute approximate surface area is 106 Å². The highest BCUT2D eigenvalue weighted by molar-refractivity contribution is 7.89. The van der Waals surface area contributed by atoms with Crippen molar-refractivity contribution in [3.63, 3.8) is 0 Å². The summed E-state index contributed by atoms with van der Waals surface area (Å²) in [6.45, 7) is 3.58. The minimum Gasteiger partial charge on any atom is -0.478 e. The van der Waals surface area contributed by atoms with Crippen LogP contribution in [0.25, 0.3) is 0 Å². The van der Waals surface area contributed by atoms with Gasteiger partial charge in [0.2, 0.25) is 10.0 Å². The summed E-state index contributed by atoms with van der Waals surface area (Å²) in [5.41, 5.74) is 5.28. The third-order valence-electron chi connectivity index (χ3n) is 2.53. The van der Waals surface area contributed by atoms with E-state index in [4.69, 9.17) is 10.8 Å². The minimum absolute atomic E-state index is 0.0324. The summed E-state index contributed by atoms with van der Waals surface area (Å²) in [4.78, 5) is 10.8. The molecule has 0 fully saturated rings. The van der Waals surface area contributed by atoms with E-state index in [1.54, 1.807) is 6.92 Å². The first kappa shape index (κ1) is 14.5. The Morgan fingerprint density at radius 3 is 2.61 bits per heavy atom. The van der Waals surface area contributed by atoms with Crippen LogP contribution in [0, 0.1) is 0 Å². The van der Waals surface area contributed by atoms with Crippen molar-refractivity contribution in [2.75, 3.05) is 5.73 Å². The number of carbonyl (C=O) groups is 1. The number of aromatic carboxylic acids is 1. The summed E-state index contributed by atoms with van der Waals surface area (Å²) < 4.78 is 26.3. The number of carboxylic acids is 1. The van der Waals surface area contributed by atoms with Crippen molar-refractivity contribution in [2.24, 2.45) is 0 Å². The number of nitrogen functional groups attached to an aromatic ring is 1. The predicted octanol–water partition coefficient (Wildman–Crippen LogP) is 1.04. The maximum atomic E-state index is 11.9. The number of carboxylic acid groups (broad SMARTS) is 1. The zero-order chi connectivity index (χ0) is 13.9. The van der Waals surface area contributed by atoms with Gasteiger partial charge in [-0.1, -0.05) is 6.92 Å². The van der Waals surface area contributed by atoms with E-state index in [2.05, 4.69) is 4.72 Å². The fraction of sp³-hybridized carbons (Fsp3) is 0.364. The normalized spacial score (nSPS) is 13.2. The molecule has 0 aromatic heterocycles. The molecule has 7 heteroatoms. The fourth-order valence-corrected chi connectivity index (χ4v) is 2.66.